The lowest BCUT2D eigenvalue weighted by atomic mass is 10.0. The third-order valence-corrected chi connectivity index (χ3v) is 20.5. The summed E-state index contributed by atoms with van der Waals surface area (Å²) in [6.45, 7) is 9.60. The molecule has 0 amide bonds. The number of aliphatic hydroxyl groups excluding tert-OH is 1. The second-order valence-electron chi connectivity index (χ2n) is 29.8. The van der Waals surface area contributed by atoms with Crippen LogP contribution in [-0.4, -0.2) is 96.7 Å². The number of unbranched alkanes of at least 4 members (excludes halogenated alkanes) is 46. The van der Waals surface area contributed by atoms with Gasteiger partial charge < -0.3 is 33.8 Å². The van der Waals surface area contributed by atoms with Gasteiger partial charge in [-0.15, -0.1) is 0 Å². The highest BCUT2D eigenvalue weighted by molar-refractivity contribution is 7.47. The summed E-state index contributed by atoms with van der Waals surface area (Å²) in [6, 6.07) is 0. The zero-order valence-corrected chi connectivity index (χ0v) is 67.5. The van der Waals surface area contributed by atoms with Gasteiger partial charge in [-0.1, -0.05) is 355 Å². The Kier molecular flexibility index (Phi) is 71.3. The van der Waals surface area contributed by atoms with E-state index in [-0.39, 0.29) is 25.7 Å². The molecular formula is C82H156O17P2. The summed E-state index contributed by atoms with van der Waals surface area (Å²) in [4.78, 5) is 73.1. The van der Waals surface area contributed by atoms with Crippen LogP contribution < -0.4 is 0 Å². The summed E-state index contributed by atoms with van der Waals surface area (Å²) in [6.07, 6.45) is 65.9. The maximum Gasteiger partial charge on any atom is 0.472 e. The van der Waals surface area contributed by atoms with Crippen molar-refractivity contribution in [2.75, 3.05) is 39.6 Å². The van der Waals surface area contributed by atoms with Crippen LogP contribution in [0.5, 0.6) is 0 Å². The molecule has 0 aromatic heterocycles. The first-order chi connectivity index (χ1) is 48.9. The molecule has 17 nitrogen and oxygen atoms in total. The lowest BCUT2D eigenvalue weighted by molar-refractivity contribution is -0.161. The highest BCUT2D eigenvalue weighted by Gasteiger charge is 2.30. The Labute approximate surface area is 618 Å². The third-order valence-electron chi connectivity index (χ3n) is 18.6. The highest BCUT2D eigenvalue weighted by atomic mass is 31.2. The van der Waals surface area contributed by atoms with E-state index in [4.69, 9.17) is 37.0 Å². The average molecular weight is 1480 g/mol. The van der Waals surface area contributed by atoms with Crippen LogP contribution in [0.2, 0.25) is 0 Å². The van der Waals surface area contributed by atoms with Crippen molar-refractivity contribution in [3.05, 3.63) is 24.3 Å². The third kappa shape index (κ3) is 75.6. The van der Waals surface area contributed by atoms with E-state index in [2.05, 4.69) is 65.8 Å². The normalized spacial score (nSPS) is 14.0. The van der Waals surface area contributed by atoms with Crippen molar-refractivity contribution in [2.45, 2.75) is 426 Å². The maximum absolute atomic E-state index is 13.1. The van der Waals surface area contributed by atoms with Crippen molar-refractivity contribution in [1.82, 2.24) is 0 Å². The minimum atomic E-state index is -4.97. The van der Waals surface area contributed by atoms with Crippen molar-refractivity contribution in [3.63, 3.8) is 0 Å². The number of allylic oxidation sites excluding steroid dienone is 4. The van der Waals surface area contributed by atoms with Crippen molar-refractivity contribution in [1.29, 1.82) is 0 Å². The van der Waals surface area contributed by atoms with Gasteiger partial charge in [-0.05, 0) is 63.2 Å². The Morgan fingerprint density at radius 1 is 0.307 bits per heavy atom. The molecule has 0 aliphatic rings. The van der Waals surface area contributed by atoms with Gasteiger partial charge in [-0.2, -0.15) is 0 Å². The number of aliphatic hydroxyl groups is 1. The summed E-state index contributed by atoms with van der Waals surface area (Å²) < 4.78 is 68.7. The van der Waals surface area contributed by atoms with Gasteiger partial charge in [-0.3, -0.25) is 37.3 Å². The smallest absolute Gasteiger partial charge is 0.462 e. The van der Waals surface area contributed by atoms with Gasteiger partial charge in [0, 0.05) is 25.7 Å². The SMILES string of the molecule is CCCCCC/C=C\C=C/CCCCCCCC(=O)OC[C@H](COP(=O)(O)OC[C@@H](O)COP(=O)(O)OC[C@@H](COC(=O)CCCCCCCCCCCCC(C)C)OC(=O)CCCCCCCCCCCCCCCC)OC(=O)CCCCCCCCCCCCCCCCCCC(C)C. The number of phosphoric acid groups is 2. The van der Waals surface area contributed by atoms with Gasteiger partial charge in [0.1, 0.15) is 19.3 Å². The van der Waals surface area contributed by atoms with E-state index in [9.17, 15) is 43.2 Å². The Bertz CT molecular complexity index is 2040. The molecule has 0 aliphatic carbocycles. The molecule has 596 valence electrons. The highest BCUT2D eigenvalue weighted by Crippen LogP contribution is 2.45. The lowest BCUT2D eigenvalue weighted by Crippen LogP contribution is -2.30. The van der Waals surface area contributed by atoms with E-state index in [1.807, 2.05) is 0 Å². The first-order valence-corrected chi connectivity index (χ1v) is 44.8. The number of hydrogen-bond acceptors (Lipinski definition) is 15. The summed E-state index contributed by atoms with van der Waals surface area (Å²) in [5.41, 5.74) is 0. The Hall–Kier alpha value is -2.46. The van der Waals surface area contributed by atoms with Crippen LogP contribution in [0.3, 0.4) is 0 Å². The average Bonchev–Trinajstić information content (AvgIpc) is 0.981. The fraction of sp³-hybridized carbons (Fsp3) is 0.902. The fourth-order valence-corrected chi connectivity index (χ4v) is 13.8. The first kappa shape index (κ1) is 98.5. The molecule has 5 atom stereocenters. The number of phosphoric ester groups is 2. The van der Waals surface area contributed by atoms with E-state index < -0.39 is 97.5 Å². The van der Waals surface area contributed by atoms with E-state index in [1.165, 1.54) is 205 Å². The molecule has 0 saturated carbocycles. The molecule has 0 spiro atoms. The van der Waals surface area contributed by atoms with E-state index in [0.29, 0.717) is 25.7 Å². The van der Waals surface area contributed by atoms with Gasteiger partial charge in [-0.25, -0.2) is 9.13 Å². The number of carbonyl (C=O) groups is 4. The Balaban J connectivity index is 5.29. The van der Waals surface area contributed by atoms with E-state index in [0.717, 1.165) is 121 Å². The van der Waals surface area contributed by atoms with Gasteiger partial charge >= 0.3 is 39.5 Å². The van der Waals surface area contributed by atoms with Crippen molar-refractivity contribution in [2.24, 2.45) is 11.8 Å². The lowest BCUT2D eigenvalue weighted by Gasteiger charge is -2.21. The van der Waals surface area contributed by atoms with Crippen molar-refractivity contribution >= 4 is 39.5 Å². The molecule has 0 heterocycles. The largest absolute Gasteiger partial charge is 0.472 e. The number of ether oxygens (including phenoxy) is 4. The van der Waals surface area contributed by atoms with Gasteiger partial charge in [0.15, 0.2) is 12.2 Å². The van der Waals surface area contributed by atoms with Crippen LogP contribution >= 0.6 is 15.6 Å². The monoisotopic (exact) mass is 1480 g/mol. The second-order valence-corrected chi connectivity index (χ2v) is 32.7. The molecule has 0 radical (unpaired) electrons. The van der Waals surface area contributed by atoms with Crippen LogP contribution in [0.4, 0.5) is 0 Å². The maximum atomic E-state index is 13.1. The zero-order valence-electron chi connectivity index (χ0n) is 65.7. The van der Waals surface area contributed by atoms with Crippen LogP contribution in [0.1, 0.15) is 408 Å². The molecule has 101 heavy (non-hydrogen) atoms. The van der Waals surface area contributed by atoms with Crippen LogP contribution in [-0.2, 0) is 65.4 Å². The summed E-state index contributed by atoms with van der Waals surface area (Å²) in [5.74, 6) is -0.571. The number of hydrogen-bond donors (Lipinski definition) is 3. The molecule has 0 fully saturated rings. The topological polar surface area (TPSA) is 237 Å². The first-order valence-electron chi connectivity index (χ1n) is 41.8. The summed E-state index contributed by atoms with van der Waals surface area (Å²) in [5, 5.41) is 10.6. The predicted octanol–water partition coefficient (Wildman–Crippen LogP) is 24.2. The van der Waals surface area contributed by atoms with Gasteiger partial charge in [0.2, 0.25) is 0 Å². The van der Waals surface area contributed by atoms with Crippen LogP contribution in [0.25, 0.3) is 0 Å². The molecule has 0 bridgehead atoms. The molecular weight excluding hydrogens is 1320 g/mol. The number of esters is 4. The van der Waals surface area contributed by atoms with E-state index in [1.54, 1.807) is 0 Å². The molecule has 3 N–H and O–H groups in total. The minimum absolute atomic E-state index is 0.101. The Morgan fingerprint density at radius 2 is 0.535 bits per heavy atom. The molecule has 2 unspecified atom stereocenters. The minimum Gasteiger partial charge on any atom is -0.462 e. The van der Waals surface area contributed by atoms with Gasteiger partial charge in [0.05, 0.1) is 26.4 Å². The summed E-state index contributed by atoms with van der Waals surface area (Å²) in [7, 11) is -9.93. The predicted molar refractivity (Wildman–Crippen MR) is 414 cm³/mol. The van der Waals surface area contributed by atoms with Gasteiger partial charge in [0.25, 0.3) is 0 Å². The van der Waals surface area contributed by atoms with Crippen LogP contribution in [0, 0.1) is 11.8 Å². The standard InChI is InChI=1S/C82H156O17P2/c1-7-9-11-13-15-17-19-21-25-30-33-40-46-52-58-64-79(84)92-70-77(98-82(87)67-61-55-49-43-35-31-27-24-23-26-28-32-38-44-50-56-62-74(3)4)72-96-100(88,89)94-68-76(83)69-95-101(90,91)97-73-78(71-93-80(85)65-59-53-47-41-37-36-39-45-51-57-63-75(5)6)99-81(86)66-60-54-48-42-34-29-22-20-18-16-14-12-10-8-2/h17,19,21,25,74-78,83H,7-16,18,20,22-24,26-73H2,1-6H3,(H,88,89)(H,90,91)/b19-17-,25-21-/t76-,77-,78-/m1/s1. The Morgan fingerprint density at radius 3 is 0.812 bits per heavy atom. The molecule has 0 rings (SSSR count). The number of rotatable bonds is 79. The molecule has 0 aliphatic heterocycles. The fourth-order valence-electron chi connectivity index (χ4n) is 12.2. The van der Waals surface area contributed by atoms with Crippen molar-refractivity contribution in [3.8, 4) is 0 Å². The zero-order chi connectivity index (χ0) is 74.2. The second kappa shape index (κ2) is 73.1. The molecule has 0 aromatic carbocycles. The molecule has 0 aromatic rings. The summed E-state index contributed by atoms with van der Waals surface area (Å²) >= 11 is 0. The quantitative estimate of drug-likeness (QED) is 0.0169. The van der Waals surface area contributed by atoms with E-state index >= 15 is 0 Å². The number of carbonyl (C=O) groups excluding carboxylic acids is 4. The van der Waals surface area contributed by atoms with Crippen LogP contribution in [0.15, 0.2) is 24.3 Å². The molecule has 0 saturated heterocycles. The van der Waals surface area contributed by atoms with Crippen molar-refractivity contribution < 1.29 is 80.2 Å². The molecule has 19 heteroatoms.